The number of methoxy groups -OCH3 is 1. The highest BCUT2D eigenvalue weighted by Gasteiger charge is 2.23. The molecule has 0 aliphatic heterocycles. The molecule has 1 atom stereocenters. The molecule has 0 amide bonds. The molecule has 1 unspecified atom stereocenters. The van der Waals surface area contributed by atoms with E-state index in [9.17, 15) is 4.79 Å². The minimum Gasteiger partial charge on any atom is -0.490 e. The highest BCUT2D eigenvalue weighted by molar-refractivity contribution is 6.00. The number of rotatable bonds is 7. The number of benzene rings is 1. The standard InChI is InChI=1S/C23H20N2O4/c1-28-22(23(26)27)12-15-2-4-16(5-3-15)29-11-8-19-20-13-24-9-6-17(20)18-7-10-25-14-21(18)19/h2-10,13-14,22H,11-12H2,1H3,(H,26,27). The largest absolute Gasteiger partial charge is 0.490 e. The number of fused-ring (bicyclic) bond motifs is 3. The minimum absolute atomic E-state index is 0.309. The molecule has 2 heterocycles. The van der Waals surface area contributed by atoms with Gasteiger partial charge in [0.25, 0.3) is 0 Å². The second kappa shape index (κ2) is 8.24. The summed E-state index contributed by atoms with van der Waals surface area (Å²) in [6.07, 6.45) is 8.81. The van der Waals surface area contributed by atoms with Crippen molar-refractivity contribution in [3.8, 4) is 16.9 Å². The molecule has 0 saturated heterocycles. The molecule has 4 rings (SSSR count). The lowest BCUT2D eigenvalue weighted by atomic mass is 10.1. The molecule has 6 nitrogen and oxygen atoms in total. The molecule has 6 heteroatoms. The predicted molar refractivity (Wildman–Crippen MR) is 109 cm³/mol. The van der Waals surface area contributed by atoms with Crippen LogP contribution >= 0.6 is 0 Å². The molecule has 146 valence electrons. The smallest absolute Gasteiger partial charge is 0.333 e. The van der Waals surface area contributed by atoms with E-state index in [1.54, 1.807) is 12.4 Å². The quantitative estimate of drug-likeness (QED) is 0.521. The lowest BCUT2D eigenvalue weighted by Crippen LogP contribution is -2.24. The maximum atomic E-state index is 11.1. The van der Waals surface area contributed by atoms with E-state index in [4.69, 9.17) is 14.6 Å². The van der Waals surface area contributed by atoms with Crippen LogP contribution < -0.4 is 4.74 Å². The molecule has 1 aromatic carbocycles. The Balaban J connectivity index is 1.46. The van der Waals surface area contributed by atoms with Crippen molar-refractivity contribution in [2.45, 2.75) is 12.5 Å². The third kappa shape index (κ3) is 3.88. The zero-order chi connectivity index (χ0) is 20.2. The van der Waals surface area contributed by atoms with Crippen molar-refractivity contribution in [1.82, 2.24) is 9.97 Å². The van der Waals surface area contributed by atoms with E-state index in [1.165, 1.54) is 7.11 Å². The van der Waals surface area contributed by atoms with Gasteiger partial charge in [-0.1, -0.05) is 12.1 Å². The Morgan fingerprint density at radius 2 is 1.62 bits per heavy atom. The van der Waals surface area contributed by atoms with Crippen LogP contribution in [0.15, 0.2) is 67.3 Å². The highest BCUT2D eigenvalue weighted by Crippen LogP contribution is 2.42. The van der Waals surface area contributed by atoms with E-state index < -0.39 is 12.1 Å². The van der Waals surface area contributed by atoms with Crippen LogP contribution in [0.1, 0.15) is 16.7 Å². The van der Waals surface area contributed by atoms with Crippen LogP contribution in [0.25, 0.3) is 16.7 Å². The Labute approximate surface area is 168 Å². The van der Waals surface area contributed by atoms with Crippen LogP contribution in [0.3, 0.4) is 0 Å². The van der Waals surface area contributed by atoms with E-state index in [0.29, 0.717) is 18.8 Å². The summed E-state index contributed by atoms with van der Waals surface area (Å²) in [6, 6.07) is 11.4. The molecule has 0 bridgehead atoms. The summed E-state index contributed by atoms with van der Waals surface area (Å²) in [4.78, 5) is 19.6. The van der Waals surface area contributed by atoms with Crippen molar-refractivity contribution in [1.29, 1.82) is 0 Å². The Morgan fingerprint density at radius 1 is 1.00 bits per heavy atom. The topological polar surface area (TPSA) is 81.5 Å². The molecule has 3 aromatic rings. The van der Waals surface area contributed by atoms with Gasteiger partial charge in [-0.05, 0) is 52.6 Å². The summed E-state index contributed by atoms with van der Waals surface area (Å²) < 4.78 is 10.8. The van der Waals surface area contributed by atoms with Gasteiger partial charge in [0.05, 0.1) is 0 Å². The lowest BCUT2D eigenvalue weighted by Gasteiger charge is -2.11. The molecule has 1 N–H and O–H groups in total. The van der Waals surface area contributed by atoms with Crippen molar-refractivity contribution in [3.63, 3.8) is 0 Å². The lowest BCUT2D eigenvalue weighted by molar-refractivity contribution is -0.148. The maximum Gasteiger partial charge on any atom is 0.333 e. The van der Waals surface area contributed by atoms with E-state index in [0.717, 1.165) is 33.4 Å². The van der Waals surface area contributed by atoms with E-state index >= 15 is 0 Å². The van der Waals surface area contributed by atoms with Gasteiger partial charge in [0.2, 0.25) is 0 Å². The van der Waals surface area contributed by atoms with Gasteiger partial charge in [0, 0.05) is 49.4 Å². The van der Waals surface area contributed by atoms with Gasteiger partial charge in [-0.25, -0.2) is 4.79 Å². The number of aromatic nitrogens is 2. The van der Waals surface area contributed by atoms with Crippen LogP contribution in [0.2, 0.25) is 0 Å². The average Bonchev–Trinajstić information content (AvgIpc) is 3.07. The summed E-state index contributed by atoms with van der Waals surface area (Å²) in [7, 11) is 1.40. The molecule has 0 fully saturated rings. The minimum atomic E-state index is -0.972. The number of carboxylic acids is 1. The normalized spacial score (nSPS) is 12.8. The first-order chi connectivity index (χ1) is 14.2. The zero-order valence-electron chi connectivity index (χ0n) is 15.9. The SMILES string of the molecule is COC(Cc1ccc(OCC=C2c3cnccc3-c3ccncc32)cc1)C(=O)O. The number of hydrogen-bond donors (Lipinski definition) is 1. The van der Waals surface area contributed by atoms with Gasteiger partial charge >= 0.3 is 5.97 Å². The number of ether oxygens (including phenoxy) is 2. The number of aliphatic carboxylic acids is 1. The van der Waals surface area contributed by atoms with Crippen molar-refractivity contribution in [2.24, 2.45) is 0 Å². The van der Waals surface area contributed by atoms with Crippen LogP contribution in [-0.2, 0) is 16.0 Å². The van der Waals surface area contributed by atoms with Gasteiger partial charge in [0.1, 0.15) is 12.4 Å². The van der Waals surface area contributed by atoms with Crippen molar-refractivity contribution < 1.29 is 19.4 Å². The first kappa shape index (κ1) is 18.8. The molecule has 0 spiro atoms. The third-order valence-electron chi connectivity index (χ3n) is 4.95. The molecule has 0 saturated carbocycles. The number of nitrogens with zero attached hydrogens (tertiary/aromatic N) is 2. The molecule has 1 aliphatic rings. The zero-order valence-corrected chi connectivity index (χ0v) is 15.9. The Kier molecular flexibility index (Phi) is 5.35. The summed E-state index contributed by atoms with van der Waals surface area (Å²) >= 11 is 0. The van der Waals surface area contributed by atoms with Gasteiger partial charge in [-0.3, -0.25) is 9.97 Å². The van der Waals surface area contributed by atoms with E-state index in [-0.39, 0.29) is 0 Å². The van der Waals surface area contributed by atoms with Crippen molar-refractivity contribution in [2.75, 3.05) is 13.7 Å². The summed E-state index contributed by atoms with van der Waals surface area (Å²) in [5.41, 5.74) is 6.40. The van der Waals surface area contributed by atoms with Crippen LogP contribution in [0, 0.1) is 0 Å². The molecule has 29 heavy (non-hydrogen) atoms. The third-order valence-corrected chi connectivity index (χ3v) is 4.95. The monoisotopic (exact) mass is 388 g/mol. The highest BCUT2D eigenvalue weighted by atomic mass is 16.5. The molecular weight excluding hydrogens is 368 g/mol. The fourth-order valence-corrected chi connectivity index (χ4v) is 3.48. The molecule has 2 aromatic heterocycles. The predicted octanol–water partition coefficient (Wildman–Crippen LogP) is 3.61. The number of carboxylic acid groups (broad SMARTS) is 1. The number of hydrogen-bond acceptors (Lipinski definition) is 5. The Bertz CT molecular complexity index is 1010. The Morgan fingerprint density at radius 3 is 2.17 bits per heavy atom. The second-order valence-corrected chi connectivity index (χ2v) is 6.68. The summed E-state index contributed by atoms with van der Waals surface area (Å²) in [6.45, 7) is 0.396. The second-order valence-electron chi connectivity index (χ2n) is 6.68. The summed E-state index contributed by atoms with van der Waals surface area (Å²) in [5.74, 6) is -0.258. The maximum absolute atomic E-state index is 11.1. The van der Waals surface area contributed by atoms with Crippen LogP contribution in [0.5, 0.6) is 5.75 Å². The fourth-order valence-electron chi connectivity index (χ4n) is 3.48. The van der Waals surface area contributed by atoms with Gasteiger partial charge < -0.3 is 14.6 Å². The van der Waals surface area contributed by atoms with E-state index in [1.807, 2.05) is 54.9 Å². The van der Waals surface area contributed by atoms with Crippen molar-refractivity contribution in [3.05, 3.63) is 84.0 Å². The molecule has 1 aliphatic carbocycles. The van der Waals surface area contributed by atoms with Crippen LogP contribution in [-0.4, -0.2) is 40.9 Å². The first-order valence-electron chi connectivity index (χ1n) is 9.24. The van der Waals surface area contributed by atoms with Gasteiger partial charge in [-0.15, -0.1) is 0 Å². The Hall–Kier alpha value is -3.51. The van der Waals surface area contributed by atoms with Crippen molar-refractivity contribution >= 4 is 11.5 Å². The van der Waals surface area contributed by atoms with Crippen LogP contribution in [0.4, 0.5) is 0 Å². The molecule has 0 radical (unpaired) electrons. The number of carbonyl (C=O) groups is 1. The average molecular weight is 388 g/mol. The van der Waals surface area contributed by atoms with Gasteiger partial charge in [-0.2, -0.15) is 0 Å². The number of pyridine rings is 2. The fraction of sp³-hybridized carbons (Fsp3) is 0.174. The van der Waals surface area contributed by atoms with Gasteiger partial charge in [0.15, 0.2) is 6.10 Å². The summed E-state index contributed by atoms with van der Waals surface area (Å²) in [5, 5.41) is 9.08. The van der Waals surface area contributed by atoms with E-state index in [2.05, 4.69) is 9.97 Å². The first-order valence-corrected chi connectivity index (χ1v) is 9.24. The molecular formula is C23H20N2O4.